The summed E-state index contributed by atoms with van der Waals surface area (Å²) in [6.07, 6.45) is 0.919. The molecule has 0 atom stereocenters. The summed E-state index contributed by atoms with van der Waals surface area (Å²) in [5.41, 5.74) is 2.30. The van der Waals surface area contributed by atoms with Gasteiger partial charge in [-0.1, -0.05) is 42.5 Å². The highest BCUT2D eigenvalue weighted by atomic mass is 16.6. The lowest BCUT2D eigenvalue weighted by molar-refractivity contribution is -0.384. The lowest BCUT2D eigenvalue weighted by Crippen LogP contribution is -2.38. The summed E-state index contributed by atoms with van der Waals surface area (Å²) in [5, 5.41) is 17.2. The molecule has 2 aromatic rings. The van der Waals surface area contributed by atoms with E-state index in [-0.39, 0.29) is 5.69 Å². The number of hydrogen-bond acceptors (Lipinski definition) is 3. The van der Waals surface area contributed by atoms with Gasteiger partial charge in [0.2, 0.25) is 0 Å². The molecule has 0 radical (unpaired) electrons. The zero-order valence-electron chi connectivity index (χ0n) is 13.7. The second-order valence-corrected chi connectivity index (χ2v) is 5.28. The van der Waals surface area contributed by atoms with Crippen molar-refractivity contribution < 1.29 is 4.92 Å². The lowest BCUT2D eigenvalue weighted by Gasteiger charge is -2.11. The molecule has 0 heterocycles. The highest BCUT2D eigenvalue weighted by molar-refractivity contribution is 5.79. The quantitative estimate of drug-likeness (QED) is 0.355. The molecule has 2 rings (SSSR count). The van der Waals surface area contributed by atoms with Gasteiger partial charge >= 0.3 is 0 Å². The molecule has 0 aliphatic heterocycles. The maximum absolute atomic E-state index is 10.7. The highest BCUT2D eigenvalue weighted by Crippen LogP contribution is 2.12. The molecular formula is C18H22N4O2. The Balaban J connectivity index is 1.88. The molecule has 0 saturated carbocycles. The van der Waals surface area contributed by atoms with Crippen LogP contribution in [0.1, 0.15) is 18.1 Å². The Labute approximate surface area is 141 Å². The van der Waals surface area contributed by atoms with E-state index in [0.717, 1.165) is 31.0 Å². The predicted octanol–water partition coefficient (Wildman–Crippen LogP) is 2.89. The molecule has 24 heavy (non-hydrogen) atoms. The van der Waals surface area contributed by atoms with E-state index in [1.807, 2.05) is 25.1 Å². The van der Waals surface area contributed by atoms with Crippen molar-refractivity contribution in [2.24, 2.45) is 4.99 Å². The van der Waals surface area contributed by atoms with Crippen LogP contribution in [0.4, 0.5) is 5.69 Å². The van der Waals surface area contributed by atoms with Gasteiger partial charge in [-0.15, -0.1) is 0 Å². The standard InChI is InChI=1S/C18H22N4O2/c1-2-19-18(20-13-12-15-6-4-3-5-7-15)21-14-16-8-10-17(11-9-16)22(23)24/h3-11H,2,12-14H2,1H3,(H2,19,20,21). The van der Waals surface area contributed by atoms with Crippen molar-refractivity contribution >= 4 is 11.6 Å². The molecule has 2 aromatic carbocycles. The van der Waals surface area contributed by atoms with Gasteiger partial charge in [0.05, 0.1) is 11.5 Å². The van der Waals surface area contributed by atoms with Crippen LogP contribution >= 0.6 is 0 Å². The third kappa shape index (κ3) is 5.72. The Hall–Kier alpha value is -2.89. The van der Waals surface area contributed by atoms with Crippen LogP contribution in [0, 0.1) is 10.1 Å². The van der Waals surface area contributed by atoms with Crippen LogP contribution < -0.4 is 10.6 Å². The summed E-state index contributed by atoms with van der Waals surface area (Å²) in [7, 11) is 0. The van der Waals surface area contributed by atoms with Crippen LogP contribution in [-0.2, 0) is 13.0 Å². The van der Waals surface area contributed by atoms with E-state index < -0.39 is 4.92 Å². The third-order valence-electron chi connectivity index (χ3n) is 3.46. The van der Waals surface area contributed by atoms with Crippen LogP contribution in [-0.4, -0.2) is 24.0 Å². The first-order chi connectivity index (χ1) is 11.7. The summed E-state index contributed by atoms with van der Waals surface area (Å²) in [5.74, 6) is 0.742. The number of nitrogens with one attached hydrogen (secondary N) is 2. The van der Waals surface area contributed by atoms with Crippen molar-refractivity contribution in [2.45, 2.75) is 19.9 Å². The molecule has 0 aliphatic carbocycles. The van der Waals surface area contributed by atoms with Crippen LogP contribution in [0.25, 0.3) is 0 Å². The van der Waals surface area contributed by atoms with Crippen LogP contribution in [0.2, 0.25) is 0 Å². The number of rotatable bonds is 7. The maximum Gasteiger partial charge on any atom is 0.269 e. The van der Waals surface area contributed by atoms with E-state index in [1.165, 1.54) is 17.7 Å². The van der Waals surface area contributed by atoms with Crippen LogP contribution in [0.15, 0.2) is 59.6 Å². The molecule has 0 spiro atoms. The van der Waals surface area contributed by atoms with E-state index in [0.29, 0.717) is 6.54 Å². The first kappa shape index (κ1) is 17.5. The molecule has 0 aromatic heterocycles. The van der Waals surface area contributed by atoms with Gasteiger partial charge in [-0.05, 0) is 24.5 Å². The molecule has 0 saturated heterocycles. The normalized spacial score (nSPS) is 11.1. The summed E-state index contributed by atoms with van der Waals surface area (Å²) in [6, 6.07) is 16.7. The van der Waals surface area contributed by atoms with E-state index in [1.54, 1.807) is 12.1 Å². The van der Waals surface area contributed by atoms with Gasteiger partial charge in [0.15, 0.2) is 5.96 Å². The number of nitro groups is 1. The zero-order valence-corrected chi connectivity index (χ0v) is 13.7. The molecule has 126 valence electrons. The summed E-state index contributed by atoms with van der Waals surface area (Å²) in [4.78, 5) is 14.8. The largest absolute Gasteiger partial charge is 0.357 e. The van der Waals surface area contributed by atoms with Gasteiger partial charge in [-0.25, -0.2) is 4.99 Å². The van der Waals surface area contributed by atoms with Gasteiger partial charge < -0.3 is 10.6 Å². The van der Waals surface area contributed by atoms with Gasteiger partial charge in [0.1, 0.15) is 0 Å². The second kappa shape index (κ2) is 9.29. The number of nitro benzene ring substituents is 1. The molecule has 6 heteroatoms. The summed E-state index contributed by atoms with van der Waals surface area (Å²) < 4.78 is 0. The Bertz CT molecular complexity index is 669. The fourth-order valence-corrected chi connectivity index (χ4v) is 2.21. The number of benzene rings is 2. The molecule has 0 unspecified atom stereocenters. The smallest absolute Gasteiger partial charge is 0.269 e. The van der Waals surface area contributed by atoms with Crippen molar-refractivity contribution in [3.63, 3.8) is 0 Å². The van der Waals surface area contributed by atoms with Crippen molar-refractivity contribution in [1.82, 2.24) is 10.6 Å². The first-order valence-corrected chi connectivity index (χ1v) is 7.98. The molecule has 0 amide bonds. The van der Waals surface area contributed by atoms with Gasteiger partial charge in [-0.2, -0.15) is 0 Å². The number of aliphatic imine (C=N–C) groups is 1. The average Bonchev–Trinajstić information content (AvgIpc) is 2.61. The monoisotopic (exact) mass is 326 g/mol. The minimum atomic E-state index is -0.401. The third-order valence-corrected chi connectivity index (χ3v) is 3.46. The molecule has 6 nitrogen and oxygen atoms in total. The minimum absolute atomic E-state index is 0.0932. The Kier molecular flexibility index (Phi) is 6.76. The number of hydrogen-bond donors (Lipinski definition) is 2. The van der Waals surface area contributed by atoms with Crippen molar-refractivity contribution in [1.29, 1.82) is 0 Å². The Morgan fingerprint density at radius 1 is 1.04 bits per heavy atom. The number of nitrogens with zero attached hydrogens (tertiary/aromatic N) is 2. The number of guanidine groups is 1. The fourth-order valence-electron chi connectivity index (χ4n) is 2.21. The molecular weight excluding hydrogens is 304 g/mol. The van der Waals surface area contributed by atoms with E-state index in [2.05, 4.69) is 27.8 Å². The maximum atomic E-state index is 10.7. The Morgan fingerprint density at radius 3 is 2.38 bits per heavy atom. The number of non-ortho nitro benzene ring substituents is 1. The highest BCUT2D eigenvalue weighted by Gasteiger charge is 2.04. The minimum Gasteiger partial charge on any atom is -0.357 e. The predicted molar refractivity (Wildman–Crippen MR) is 96.1 cm³/mol. The van der Waals surface area contributed by atoms with Gasteiger partial charge in [0.25, 0.3) is 5.69 Å². The van der Waals surface area contributed by atoms with E-state index in [9.17, 15) is 10.1 Å². The summed E-state index contributed by atoms with van der Waals surface area (Å²) in [6.45, 7) is 4.05. The van der Waals surface area contributed by atoms with Crippen molar-refractivity contribution in [3.8, 4) is 0 Å². The average molecular weight is 326 g/mol. The van der Waals surface area contributed by atoms with Gasteiger partial charge in [0, 0.05) is 25.2 Å². The van der Waals surface area contributed by atoms with Crippen LogP contribution in [0.3, 0.4) is 0 Å². The lowest BCUT2D eigenvalue weighted by atomic mass is 10.1. The van der Waals surface area contributed by atoms with Crippen molar-refractivity contribution in [3.05, 3.63) is 75.8 Å². The molecule has 2 N–H and O–H groups in total. The van der Waals surface area contributed by atoms with Gasteiger partial charge in [-0.3, -0.25) is 10.1 Å². The fraction of sp³-hybridized carbons (Fsp3) is 0.278. The summed E-state index contributed by atoms with van der Waals surface area (Å²) >= 11 is 0. The second-order valence-electron chi connectivity index (χ2n) is 5.28. The Morgan fingerprint density at radius 2 is 1.75 bits per heavy atom. The molecule has 0 fully saturated rings. The van der Waals surface area contributed by atoms with Crippen LogP contribution in [0.5, 0.6) is 0 Å². The molecule has 0 aliphatic rings. The first-order valence-electron chi connectivity index (χ1n) is 7.98. The molecule has 0 bridgehead atoms. The van der Waals surface area contributed by atoms with E-state index in [4.69, 9.17) is 0 Å². The van der Waals surface area contributed by atoms with Crippen molar-refractivity contribution in [2.75, 3.05) is 13.1 Å². The topological polar surface area (TPSA) is 79.6 Å². The van der Waals surface area contributed by atoms with E-state index >= 15 is 0 Å². The zero-order chi connectivity index (χ0) is 17.2. The SMILES string of the molecule is CCNC(=NCc1ccc([N+](=O)[O-])cc1)NCCc1ccccc1.